The van der Waals surface area contributed by atoms with Gasteiger partial charge in [0.15, 0.2) is 6.61 Å². The summed E-state index contributed by atoms with van der Waals surface area (Å²) >= 11 is 0. The molecule has 1 aromatic heterocycles. The Balaban J connectivity index is 1.43. The number of carbonyl (C=O) groups is 2. The molecule has 0 spiro atoms. The molecular weight excluding hydrogens is 478 g/mol. The third-order valence-electron chi connectivity index (χ3n) is 6.57. The number of furan rings is 1. The first-order valence-corrected chi connectivity index (χ1v) is 12.8. The number of aryl methyl sites for hydroxylation is 1. The van der Waals surface area contributed by atoms with Crippen molar-refractivity contribution in [3.8, 4) is 16.9 Å². The Morgan fingerprint density at radius 3 is 2.50 bits per heavy atom. The van der Waals surface area contributed by atoms with Crippen molar-refractivity contribution in [2.45, 2.75) is 32.7 Å². The minimum Gasteiger partial charge on any atom is -0.481 e. The molecular formula is C32H29NO5. The molecule has 0 radical (unpaired) electrons. The molecule has 1 heterocycles. The second-order valence-corrected chi connectivity index (χ2v) is 9.23. The van der Waals surface area contributed by atoms with Gasteiger partial charge in [0, 0.05) is 23.9 Å². The molecule has 6 nitrogen and oxygen atoms in total. The Hall–Kier alpha value is -4.58. The summed E-state index contributed by atoms with van der Waals surface area (Å²) in [6.07, 6.45) is 2.69. The molecule has 1 amide bonds. The Labute approximate surface area is 220 Å². The van der Waals surface area contributed by atoms with Crippen molar-refractivity contribution in [3.63, 3.8) is 0 Å². The maximum absolute atomic E-state index is 13.3. The van der Waals surface area contributed by atoms with Crippen LogP contribution in [0.5, 0.6) is 5.75 Å². The average Bonchev–Trinajstić information content (AvgIpc) is 3.32. The molecule has 192 valence electrons. The third-order valence-corrected chi connectivity index (χ3v) is 6.57. The van der Waals surface area contributed by atoms with Crippen LogP contribution in [0.25, 0.3) is 32.9 Å². The number of unbranched alkanes of at least 4 members (excludes halogenated alkanes) is 1. The van der Waals surface area contributed by atoms with Gasteiger partial charge >= 0.3 is 5.97 Å². The molecule has 0 atom stereocenters. The van der Waals surface area contributed by atoms with Crippen LogP contribution in [0.4, 0.5) is 0 Å². The van der Waals surface area contributed by atoms with Crippen LogP contribution in [0.3, 0.4) is 0 Å². The number of ether oxygens (including phenoxy) is 1. The van der Waals surface area contributed by atoms with E-state index in [1.807, 2.05) is 78.9 Å². The first kappa shape index (κ1) is 25.1. The van der Waals surface area contributed by atoms with Gasteiger partial charge in [-0.15, -0.1) is 0 Å². The van der Waals surface area contributed by atoms with Crippen LogP contribution in [0.1, 0.15) is 41.4 Å². The monoisotopic (exact) mass is 507 g/mol. The first-order chi connectivity index (χ1) is 18.5. The number of carbonyl (C=O) groups excluding carboxylic acids is 1. The first-order valence-electron chi connectivity index (χ1n) is 12.8. The lowest BCUT2D eigenvalue weighted by Crippen LogP contribution is -2.23. The molecule has 0 aliphatic carbocycles. The lowest BCUT2D eigenvalue weighted by molar-refractivity contribution is -0.139. The van der Waals surface area contributed by atoms with Crippen molar-refractivity contribution >= 4 is 33.6 Å². The summed E-state index contributed by atoms with van der Waals surface area (Å²) in [7, 11) is 0. The van der Waals surface area contributed by atoms with Gasteiger partial charge in [-0.2, -0.15) is 0 Å². The zero-order chi connectivity index (χ0) is 26.5. The van der Waals surface area contributed by atoms with Crippen molar-refractivity contribution in [1.29, 1.82) is 0 Å². The van der Waals surface area contributed by atoms with Gasteiger partial charge < -0.3 is 19.6 Å². The molecule has 0 aliphatic rings. The van der Waals surface area contributed by atoms with Crippen molar-refractivity contribution in [1.82, 2.24) is 5.32 Å². The second-order valence-electron chi connectivity index (χ2n) is 9.23. The highest BCUT2D eigenvalue weighted by molar-refractivity contribution is 6.07. The summed E-state index contributed by atoms with van der Waals surface area (Å²) in [5.41, 5.74) is 4.06. The van der Waals surface area contributed by atoms with Crippen LogP contribution in [-0.2, 0) is 17.8 Å². The van der Waals surface area contributed by atoms with Gasteiger partial charge in [-0.1, -0.05) is 80.1 Å². The van der Waals surface area contributed by atoms with E-state index < -0.39 is 12.6 Å². The number of amides is 1. The minimum absolute atomic E-state index is 0.149. The summed E-state index contributed by atoms with van der Waals surface area (Å²) in [5, 5.41) is 14.9. The minimum atomic E-state index is -1.03. The summed E-state index contributed by atoms with van der Waals surface area (Å²) in [5.74, 6) is 0.0612. The van der Waals surface area contributed by atoms with Gasteiger partial charge in [-0.3, -0.25) is 4.79 Å². The van der Waals surface area contributed by atoms with Crippen LogP contribution >= 0.6 is 0 Å². The number of hydrogen-bond donors (Lipinski definition) is 2. The number of benzene rings is 4. The fraction of sp³-hybridized carbons (Fsp3) is 0.188. The van der Waals surface area contributed by atoms with E-state index in [0.717, 1.165) is 63.5 Å². The van der Waals surface area contributed by atoms with Crippen molar-refractivity contribution in [2.75, 3.05) is 6.61 Å². The Morgan fingerprint density at radius 1 is 0.921 bits per heavy atom. The molecule has 0 unspecified atom stereocenters. The molecule has 6 heteroatoms. The summed E-state index contributed by atoms with van der Waals surface area (Å²) in [4.78, 5) is 24.4. The van der Waals surface area contributed by atoms with Gasteiger partial charge in [0.05, 0.1) is 5.56 Å². The molecule has 0 aliphatic heterocycles. The highest BCUT2D eigenvalue weighted by Gasteiger charge is 2.20. The van der Waals surface area contributed by atoms with Crippen molar-refractivity contribution in [3.05, 3.63) is 102 Å². The molecule has 38 heavy (non-hydrogen) atoms. The second kappa shape index (κ2) is 11.2. The maximum Gasteiger partial charge on any atom is 0.341 e. The Bertz CT molecular complexity index is 1600. The predicted molar refractivity (Wildman–Crippen MR) is 149 cm³/mol. The van der Waals surface area contributed by atoms with E-state index in [2.05, 4.69) is 12.2 Å². The van der Waals surface area contributed by atoms with Gasteiger partial charge in [0.25, 0.3) is 5.91 Å². The van der Waals surface area contributed by atoms with Crippen LogP contribution in [-0.4, -0.2) is 23.6 Å². The highest BCUT2D eigenvalue weighted by Crippen LogP contribution is 2.37. The van der Waals surface area contributed by atoms with Gasteiger partial charge in [-0.05, 0) is 46.5 Å². The standard InChI is InChI=1S/C32H29NO5/c1-2-3-12-28-31(25-11-7-8-13-26(25)38-28)32(36)33-19-21-14-16-24-23(18-21)15-17-27(37-20-29(34)35)30(24)22-9-5-4-6-10-22/h4-11,13-18H,2-3,12,19-20H2,1H3,(H,33,36)(H,34,35). The zero-order valence-corrected chi connectivity index (χ0v) is 21.2. The molecule has 0 fully saturated rings. The Kier molecular flexibility index (Phi) is 7.40. The molecule has 0 saturated heterocycles. The molecule has 4 aromatic carbocycles. The van der Waals surface area contributed by atoms with E-state index >= 15 is 0 Å². The number of aliphatic carboxylic acids is 1. The van der Waals surface area contributed by atoms with E-state index in [9.17, 15) is 9.59 Å². The van der Waals surface area contributed by atoms with Crippen LogP contribution in [0, 0.1) is 0 Å². The van der Waals surface area contributed by atoms with Gasteiger partial charge in [0.1, 0.15) is 17.1 Å². The number of rotatable bonds is 10. The van der Waals surface area contributed by atoms with E-state index in [1.165, 1.54) is 0 Å². The lowest BCUT2D eigenvalue weighted by atomic mass is 9.96. The molecule has 0 bridgehead atoms. The fourth-order valence-electron chi connectivity index (χ4n) is 4.76. The third kappa shape index (κ3) is 5.25. The van der Waals surface area contributed by atoms with E-state index in [0.29, 0.717) is 17.9 Å². The summed E-state index contributed by atoms with van der Waals surface area (Å²) in [6.45, 7) is 2.06. The number of fused-ring (bicyclic) bond motifs is 2. The molecule has 2 N–H and O–H groups in total. The van der Waals surface area contributed by atoms with E-state index in [4.69, 9.17) is 14.3 Å². The normalized spacial score (nSPS) is 11.1. The lowest BCUT2D eigenvalue weighted by Gasteiger charge is -2.15. The maximum atomic E-state index is 13.3. The largest absolute Gasteiger partial charge is 0.481 e. The number of para-hydroxylation sites is 1. The highest BCUT2D eigenvalue weighted by atomic mass is 16.5. The number of carboxylic acids is 1. The molecule has 5 aromatic rings. The van der Waals surface area contributed by atoms with Crippen LogP contribution in [0.2, 0.25) is 0 Å². The molecule has 5 rings (SSSR count). The Morgan fingerprint density at radius 2 is 1.71 bits per heavy atom. The van der Waals surface area contributed by atoms with Crippen molar-refractivity contribution in [2.24, 2.45) is 0 Å². The summed E-state index contributed by atoms with van der Waals surface area (Å²) < 4.78 is 11.6. The quantitative estimate of drug-likeness (QED) is 0.213. The topological polar surface area (TPSA) is 88.8 Å². The molecule has 0 saturated carbocycles. The smallest absolute Gasteiger partial charge is 0.341 e. The van der Waals surface area contributed by atoms with Crippen LogP contribution < -0.4 is 10.1 Å². The van der Waals surface area contributed by atoms with E-state index in [-0.39, 0.29) is 5.91 Å². The number of nitrogens with one attached hydrogen (secondary N) is 1. The van der Waals surface area contributed by atoms with Crippen molar-refractivity contribution < 1.29 is 23.8 Å². The van der Waals surface area contributed by atoms with Crippen LogP contribution in [0.15, 0.2) is 89.3 Å². The number of carboxylic acid groups (broad SMARTS) is 1. The van der Waals surface area contributed by atoms with Gasteiger partial charge in [-0.25, -0.2) is 4.79 Å². The van der Waals surface area contributed by atoms with E-state index in [1.54, 1.807) is 6.07 Å². The predicted octanol–water partition coefficient (Wildman–Crippen LogP) is 6.99. The summed E-state index contributed by atoms with van der Waals surface area (Å²) in [6, 6.07) is 27.1. The average molecular weight is 508 g/mol. The fourth-order valence-corrected chi connectivity index (χ4v) is 4.76. The van der Waals surface area contributed by atoms with Gasteiger partial charge in [0.2, 0.25) is 0 Å². The zero-order valence-electron chi connectivity index (χ0n) is 21.2. The SMILES string of the molecule is CCCCc1oc2ccccc2c1C(=O)NCc1ccc2c(-c3ccccc3)c(OCC(=O)O)ccc2c1. The number of hydrogen-bond acceptors (Lipinski definition) is 4.